The van der Waals surface area contributed by atoms with E-state index in [4.69, 9.17) is 4.42 Å². The fourth-order valence-electron chi connectivity index (χ4n) is 2.51. The second-order valence-electron chi connectivity index (χ2n) is 4.99. The smallest absolute Gasteiger partial charge is 0.340 e. The molecule has 2 rings (SSSR count). The molecule has 1 atom stereocenters. The van der Waals surface area contributed by atoms with Gasteiger partial charge in [0.2, 0.25) is 10.0 Å². The second-order valence-corrected chi connectivity index (χ2v) is 8.27. The quantitative estimate of drug-likeness (QED) is 0.908. The fourth-order valence-corrected chi connectivity index (χ4v) is 5.76. The van der Waals surface area contributed by atoms with Crippen LogP contribution in [0.3, 0.4) is 0 Å². The third-order valence-corrected chi connectivity index (χ3v) is 6.96. The van der Waals surface area contributed by atoms with Crippen LogP contribution in [0.5, 0.6) is 0 Å². The highest BCUT2D eigenvalue weighted by Gasteiger charge is 2.37. The molecule has 1 saturated heterocycles. The third-order valence-electron chi connectivity index (χ3n) is 3.57. The van der Waals surface area contributed by atoms with Crippen molar-refractivity contribution in [2.24, 2.45) is 0 Å². The number of aryl methyl sites for hydroxylation is 2. The van der Waals surface area contributed by atoms with Crippen LogP contribution >= 0.6 is 11.8 Å². The van der Waals surface area contributed by atoms with Crippen molar-refractivity contribution in [3.05, 3.63) is 17.1 Å². The van der Waals surface area contributed by atoms with Crippen LogP contribution in [0.15, 0.2) is 9.31 Å². The first kappa shape index (κ1) is 16.4. The molecule has 0 spiro atoms. The van der Waals surface area contributed by atoms with Gasteiger partial charge in [-0.1, -0.05) is 6.92 Å². The van der Waals surface area contributed by atoms with Crippen LogP contribution in [0, 0.1) is 13.8 Å². The number of hydrogen-bond donors (Lipinski definition) is 1. The molecule has 1 aliphatic rings. The molecule has 1 N–H and O–H groups in total. The summed E-state index contributed by atoms with van der Waals surface area (Å²) in [7, 11) is -3.85. The normalized spacial score (nSPS) is 20.6. The average Bonchev–Trinajstić information content (AvgIpc) is 2.74. The molecule has 0 aliphatic carbocycles. The number of hydrogen-bond acceptors (Lipinski definition) is 5. The lowest BCUT2D eigenvalue weighted by Gasteiger charge is -2.31. The molecule has 1 aliphatic heterocycles. The Balaban J connectivity index is 2.47. The molecule has 0 radical (unpaired) electrons. The standard InChI is InChI=1S/C13H19NO5S2/c1-4-10-7-14(5-6-20-10)21(17,18)12-9(3)19-8(2)11(12)13(15)16/h10H,4-7H2,1-3H3,(H,15,16). The minimum Gasteiger partial charge on any atom is -0.478 e. The van der Waals surface area contributed by atoms with Gasteiger partial charge in [0.1, 0.15) is 22.0 Å². The Morgan fingerprint density at radius 3 is 2.67 bits per heavy atom. The van der Waals surface area contributed by atoms with Gasteiger partial charge >= 0.3 is 5.97 Å². The van der Waals surface area contributed by atoms with E-state index in [0.717, 1.165) is 12.2 Å². The first-order valence-electron chi connectivity index (χ1n) is 6.74. The number of nitrogens with zero attached hydrogens (tertiary/aromatic N) is 1. The van der Waals surface area contributed by atoms with E-state index in [2.05, 4.69) is 0 Å². The van der Waals surface area contributed by atoms with Gasteiger partial charge in [0.15, 0.2) is 0 Å². The van der Waals surface area contributed by atoms with Gasteiger partial charge in [-0.3, -0.25) is 0 Å². The molecule has 0 bridgehead atoms. The monoisotopic (exact) mass is 333 g/mol. The number of furan rings is 1. The summed E-state index contributed by atoms with van der Waals surface area (Å²) in [6.07, 6.45) is 0.881. The van der Waals surface area contributed by atoms with Crippen molar-refractivity contribution in [2.75, 3.05) is 18.8 Å². The summed E-state index contributed by atoms with van der Waals surface area (Å²) in [4.78, 5) is 11.2. The fraction of sp³-hybridized carbons (Fsp3) is 0.615. The van der Waals surface area contributed by atoms with Gasteiger partial charge in [0.05, 0.1) is 0 Å². The Labute approximate surface area is 128 Å². The van der Waals surface area contributed by atoms with E-state index in [-0.39, 0.29) is 27.2 Å². The van der Waals surface area contributed by atoms with Crippen LogP contribution in [0.4, 0.5) is 0 Å². The molecule has 8 heteroatoms. The van der Waals surface area contributed by atoms with Gasteiger partial charge in [-0.2, -0.15) is 16.1 Å². The predicted octanol–water partition coefficient (Wildman–Crippen LogP) is 2.11. The number of thioether (sulfide) groups is 1. The van der Waals surface area contributed by atoms with Gasteiger partial charge in [0, 0.05) is 24.1 Å². The van der Waals surface area contributed by atoms with Crippen LogP contribution < -0.4 is 0 Å². The van der Waals surface area contributed by atoms with Crippen molar-refractivity contribution in [1.29, 1.82) is 0 Å². The first-order valence-corrected chi connectivity index (χ1v) is 9.23. The first-order chi connectivity index (χ1) is 9.78. The Morgan fingerprint density at radius 2 is 2.10 bits per heavy atom. The van der Waals surface area contributed by atoms with Gasteiger partial charge < -0.3 is 9.52 Å². The molecule has 0 saturated carbocycles. The number of rotatable bonds is 4. The van der Waals surface area contributed by atoms with Crippen LogP contribution in [0.2, 0.25) is 0 Å². The molecular formula is C13H19NO5S2. The topological polar surface area (TPSA) is 87.8 Å². The maximum absolute atomic E-state index is 12.8. The number of carboxylic acid groups (broad SMARTS) is 1. The van der Waals surface area contributed by atoms with Gasteiger partial charge in [-0.25, -0.2) is 13.2 Å². The predicted molar refractivity (Wildman–Crippen MR) is 80.4 cm³/mol. The lowest BCUT2D eigenvalue weighted by molar-refractivity contribution is 0.0691. The summed E-state index contributed by atoms with van der Waals surface area (Å²) in [5, 5.41) is 9.52. The zero-order valence-electron chi connectivity index (χ0n) is 12.2. The molecule has 21 heavy (non-hydrogen) atoms. The minimum absolute atomic E-state index is 0.122. The zero-order chi connectivity index (χ0) is 15.8. The highest BCUT2D eigenvalue weighted by atomic mass is 32.2. The lowest BCUT2D eigenvalue weighted by atomic mass is 10.2. The molecule has 1 fully saturated rings. The van der Waals surface area contributed by atoms with Crippen molar-refractivity contribution in [2.45, 2.75) is 37.3 Å². The average molecular weight is 333 g/mol. The van der Waals surface area contributed by atoms with Gasteiger partial charge in [0.25, 0.3) is 0 Å². The molecule has 0 aromatic carbocycles. The highest BCUT2D eigenvalue weighted by molar-refractivity contribution is 8.00. The van der Waals surface area contributed by atoms with Gasteiger partial charge in [-0.05, 0) is 20.3 Å². The number of carbonyl (C=O) groups is 1. The molecule has 0 amide bonds. The van der Waals surface area contributed by atoms with E-state index in [1.807, 2.05) is 6.92 Å². The van der Waals surface area contributed by atoms with E-state index in [9.17, 15) is 18.3 Å². The maximum atomic E-state index is 12.8. The van der Waals surface area contributed by atoms with E-state index in [1.54, 1.807) is 11.8 Å². The third kappa shape index (κ3) is 2.97. The molecule has 1 aromatic heterocycles. The highest BCUT2D eigenvalue weighted by Crippen LogP contribution is 2.32. The zero-order valence-corrected chi connectivity index (χ0v) is 13.9. The summed E-state index contributed by atoms with van der Waals surface area (Å²) in [5.74, 6) is -0.301. The summed E-state index contributed by atoms with van der Waals surface area (Å²) in [6.45, 7) is 5.78. The Morgan fingerprint density at radius 1 is 1.43 bits per heavy atom. The van der Waals surface area contributed by atoms with Crippen LogP contribution in [0.1, 0.15) is 35.2 Å². The largest absolute Gasteiger partial charge is 0.478 e. The Bertz CT molecular complexity index is 650. The molecule has 1 unspecified atom stereocenters. The van der Waals surface area contributed by atoms with Crippen LogP contribution in [-0.2, 0) is 10.0 Å². The minimum atomic E-state index is -3.85. The second kappa shape index (κ2) is 6.02. The Hall–Kier alpha value is -0.990. The molecule has 6 nitrogen and oxygen atoms in total. The van der Waals surface area contributed by atoms with E-state index >= 15 is 0 Å². The summed E-state index contributed by atoms with van der Waals surface area (Å²) < 4.78 is 32.2. The molecule has 1 aromatic rings. The van der Waals surface area contributed by atoms with Crippen LogP contribution in [0.25, 0.3) is 0 Å². The Kier molecular flexibility index (Phi) is 4.69. The van der Waals surface area contributed by atoms with E-state index < -0.39 is 16.0 Å². The van der Waals surface area contributed by atoms with E-state index in [1.165, 1.54) is 18.2 Å². The van der Waals surface area contributed by atoms with Crippen molar-refractivity contribution in [3.8, 4) is 0 Å². The number of aromatic carboxylic acids is 1. The molecule has 118 valence electrons. The van der Waals surface area contributed by atoms with Crippen molar-refractivity contribution in [1.82, 2.24) is 4.31 Å². The lowest BCUT2D eigenvalue weighted by Crippen LogP contribution is -2.42. The van der Waals surface area contributed by atoms with Crippen molar-refractivity contribution >= 4 is 27.8 Å². The van der Waals surface area contributed by atoms with Crippen molar-refractivity contribution in [3.63, 3.8) is 0 Å². The summed E-state index contributed by atoms with van der Waals surface area (Å²) in [5.41, 5.74) is -0.251. The van der Waals surface area contributed by atoms with Crippen molar-refractivity contribution < 1.29 is 22.7 Å². The molecular weight excluding hydrogens is 314 g/mol. The molecule has 2 heterocycles. The summed E-state index contributed by atoms with van der Waals surface area (Å²) >= 11 is 1.75. The maximum Gasteiger partial charge on any atom is 0.340 e. The number of carboxylic acids is 1. The van der Waals surface area contributed by atoms with E-state index in [0.29, 0.717) is 13.1 Å². The SMILES string of the molecule is CCC1CN(S(=O)(=O)c2c(C)oc(C)c2C(=O)O)CCS1. The number of sulfonamides is 1. The van der Waals surface area contributed by atoms with Crippen LogP contribution in [-0.4, -0.2) is 47.9 Å². The van der Waals surface area contributed by atoms with Gasteiger partial charge in [-0.15, -0.1) is 0 Å². The summed E-state index contributed by atoms with van der Waals surface area (Å²) in [6, 6.07) is 0.